The minimum absolute atomic E-state index is 0.00521. The molecule has 0 spiro atoms. The van der Waals surface area contributed by atoms with Crippen LogP contribution in [-0.2, 0) is 9.53 Å². The van der Waals surface area contributed by atoms with Crippen molar-refractivity contribution in [2.75, 3.05) is 39.4 Å². The maximum Gasteiger partial charge on any atom is 0.336 e. The Hall–Kier alpha value is -2.38. The van der Waals surface area contributed by atoms with E-state index >= 15 is 0 Å². The number of amides is 1. The fraction of sp³-hybridized carbons (Fsp3) is 0.524. The zero-order chi connectivity index (χ0) is 20.1. The first-order valence-electron chi connectivity index (χ1n) is 9.68. The van der Waals surface area contributed by atoms with Gasteiger partial charge in [0.1, 0.15) is 11.3 Å². The van der Waals surface area contributed by atoms with E-state index in [1.807, 2.05) is 13.0 Å². The minimum Gasteiger partial charge on any atom is -0.484 e. The third kappa shape index (κ3) is 5.56. The molecule has 7 nitrogen and oxygen atoms in total. The van der Waals surface area contributed by atoms with Gasteiger partial charge in [0, 0.05) is 43.7 Å². The summed E-state index contributed by atoms with van der Waals surface area (Å²) in [4.78, 5) is 26.0. The van der Waals surface area contributed by atoms with Crippen LogP contribution in [0.25, 0.3) is 11.0 Å². The normalized spacial score (nSPS) is 17.8. The molecular weight excluding hydrogens is 360 g/mol. The van der Waals surface area contributed by atoms with Crippen LogP contribution in [0.5, 0.6) is 5.75 Å². The quantitative estimate of drug-likeness (QED) is 0.731. The van der Waals surface area contributed by atoms with Gasteiger partial charge in [-0.05, 0) is 30.5 Å². The fourth-order valence-electron chi connectivity index (χ4n) is 3.41. The van der Waals surface area contributed by atoms with Crippen LogP contribution < -0.4 is 15.7 Å². The summed E-state index contributed by atoms with van der Waals surface area (Å²) in [6.45, 7) is 10.1. The van der Waals surface area contributed by atoms with Crippen molar-refractivity contribution in [3.63, 3.8) is 0 Å². The smallest absolute Gasteiger partial charge is 0.336 e. The summed E-state index contributed by atoms with van der Waals surface area (Å²) in [5, 5.41) is 3.71. The zero-order valence-corrected chi connectivity index (χ0v) is 16.7. The average Bonchev–Trinajstić information content (AvgIpc) is 2.64. The number of aryl methyl sites for hydroxylation is 1. The number of rotatable bonds is 7. The van der Waals surface area contributed by atoms with Gasteiger partial charge in [0.25, 0.3) is 5.91 Å². The van der Waals surface area contributed by atoms with Crippen LogP contribution in [0.3, 0.4) is 0 Å². The van der Waals surface area contributed by atoms with E-state index in [9.17, 15) is 9.59 Å². The molecule has 1 amide bonds. The Labute approximate surface area is 164 Å². The van der Waals surface area contributed by atoms with E-state index in [-0.39, 0.29) is 18.6 Å². The van der Waals surface area contributed by atoms with E-state index in [2.05, 4.69) is 24.1 Å². The lowest BCUT2D eigenvalue weighted by molar-refractivity contribution is -0.124. The van der Waals surface area contributed by atoms with Crippen LogP contribution in [0.1, 0.15) is 19.4 Å². The third-order valence-corrected chi connectivity index (χ3v) is 4.67. The number of fused-ring (bicyclic) bond motifs is 1. The number of nitrogens with one attached hydrogen (secondary N) is 1. The summed E-state index contributed by atoms with van der Waals surface area (Å²) in [5.41, 5.74) is 0.886. The molecular formula is C21H28N2O5. The van der Waals surface area contributed by atoms with Gasteiger partial charge in [-0.25, -0.2) is 4.79 Å². The van der Waals surface area contributed by atoms with Crippen molar-refractivity contribution in [1.82, 2.24) is 10.2 Å². The Morgan fingerprint density at radius 2 is 2.18 bits per heavy atom. The molecule has 7 heteroatoms. The number of carbonyl (C=O) groups is 1. The Morgan fingerprint density at radius 3 is 2.96 bits per heavy atom. The molecule has 1 N–H and O–H groups in total. The van der Waals surface area contributed by atoms with Crippen molar-refractivity contribution >= 4 is 16.9 Å². The first-order chi connectivity index (χ1) is 13.4. The zero-order valence-electron chi connectivity index (χ0n) is 16.7. The second kappa shape index (κ2) is 9.21. The van der Waals surface area contributed by atoms with Crippen molar-refractivity contribution in [1.29, 1.82) is 0 Å². The van der Waals surface area contributed by atoms with Gasteiger partial charge >= 0.3 is 5.63 Å². The van der Waals surface area contributed by atoms with Crippen LogP contribution in [-0.4, -0.2) is 56.3 Å². The minimum atomic E-state index is -0.404. The van der Waals surface area contributed by atoms with E-state index in [4.69, 9.17) is 13.9 Å². The topological polar surface area (TPSA) is 81.0 Å². The van der Waals surface area contributed by atoms with Gasteiger partial charge in [0.2, 0.25) is 0 Å². The van der Waals surface area contributed by atoms with E-state index < -0.39 is 5.63 Å². The van der Waals surface area contributed by atoms with Crippen LogP contribution in [0, 0.1) is 12.8 Å². The molecule has 1 unspecified atom stereocenters. The lowest BCUT2D eigenvalue weighted by Crippen LogP contribution is -2.48. The highest BCUT2D eigenvalue weighted by Gasteiger charge is 2.21. The van der Waals surface area contributed by atoms with E-state index in [0.717, 1.165) is 30.6 Å². The predicted octanol–water partition coefficient (Wildman–Crippen LogP) is 1.95. The molecule has 152 valence electrons. The highest BCUT2D eigenvalue weighted by atomic mass is 16.5. The number of hydrogen-bond donors (Lipinski definition) is 1. The van der Waals surface area contributed by atoms with Gasteiger partial charge < -0.3 is 19.2 Å². The molecule has 1 aromatic carbocycles. The van der Waals surface area contributed by atoms with Crippen molar-refractivity contribution < 1.29 is 18.7 Å². The van der Waals surface area contributed by atoms with Crippen LogP contribution >= 0.6 is 0 Å². The molecule has 0 radical (unpaired) electrons. The van der Waals surface area contributed by atoms with Gasteiger partial charge in [-0.2, -0.15) is 0 Å². The lowest BCUT2D eigenvalue weighted by atomic mass is 10.1. The van der Waals surface area contributed by atoms with Crippen LogP contribution in [0.15, 0.2) is 33.5 Å². The molecule has 1 saturated heterocycles. The first kappa shape index (κ1) is 20.4. The summed E-state index contributed by atoms with van der Waals surface area (Å²) in [7, 11) is 0. The Kier molecular flexibility index (Phi) is 6.70. The molecule has 0 aliphatic carbocycles. The molecule has 28 heavy (non-hydrogen) atoms. The monoisotopic (exact) mass is 388 g/mol. The van der Waals surface area contributed by atoms with Crippen molar-refractivity contribution in [3.05, 3.63) is 40.2 Å². The van der Waals surface area contributed by atoms with Gasteiger partial charge in [0.05, 0.1) is 12.7 Å². The molecule has 1 aliphatic rings. The molecule has 1 fully saturated rings. The molecule has 2 aromatic rings. The number of nitrogens with zero attached hydrogens (tertiary/aromatic N) is 1. The Balaban J connectivity index is 1.48. The Morgan fingerprint density at radius 1 is 1.36 bits per heavy atom. The molecule has 0 saturated carbocycles. The summed E-state index contributed by atoms with van der Waals surface area (Å²) in [6.07, 6.45) is -0.00521. The Bertz CT molecular complexity index is 877. The number of carbonyl (C=O) groups excluding carboxylic acids is 1. The second-order valence-corrected chi connectivity index (χ2v) is 7.65. The maximum absolute atomic E-state index is 12.1. The number of benzene rings is 1. The fourth-order valence-corrected chi connectivity index (χ4v) is 3.41. The van der Waals surface area contributed by atoms with Crippen molar-refractivity contribution in [2.45, 2.75) is 26.9 Å². The van der Waals surface area contributed by atoms with Gasteiger partial charge in [-0.1, -0.05) is 13.8 Å². The average molecular weight is 388 g/mol. The summed E-state index contributed by atoms with van der Waals surface area (Å²) in [6, 6.07) is 6.66. The summed E-state index contributed by atoms with van der Waals surface area (Å²) >= 11 is 0. The molecule has 0 bridgehead atoms. The van der Waals surface area contributed by atoms with E-state index in [1.165, 1.54) is 6.07 Å². The second-order valence-electron chi connectivity index (χ2n) is 7.65. The van der Waals surface area contributed by atoms with Gasteiger partial charge in [0.15, 0.2) is 6.61 Å². The maximum atomic E-state index is 12.1. The molecule has 2 heterocycles. The summed E-state index contributed by atoms with van der Waals surface area (Å²) in [5.74, 6) is 0.876. The van der Waals surface area contributed by atoms with Crippen LogP contribution in [0.4, 0.5) is 0 Å². The van der Waals surface area contributed by atoms with E-state index in [1.54, 1.807) is 12.1 Å². The van der Waals surface area contributed by atoms with Crippen molar-refractivity contribution in [2.24, 2.45) is 5.92 Å². The van der Waals surface area contributed by atoms with E-state index in [0.29, 0.717) is 30.4 Å². The molecule has 1 atom stereocenters. The number of morpholine rings is 1. The molecule has 1 aliphatic heterocycles. The predicted molar refractivity (Wildman–Crippen MR) is 107 cm³/mol. The largest absolute Gasteiger partial charge is 0.484 e. The number of hydrogen-bond acceptors (Lipinski definition) is 6. The van der Waals surface area contributed by atoms with Gasteiger partial charge in [-0.3, -0.25) is 9.69 Å². The standard InChI is InChI=1S/C21H28N2O5/c1-14(2)11-23-6-7-26-17(12-23)10-22-20(24)13-27-16-4-5-18-15(3)8-21(25)28-19(18)9-16/h4-5,8-9,14,17H,6-7,10-13H2,1-3H3,(H,22,24). The molecule has 3 rings (SSSR count). The third-order valence-electron chi connectivity index (χ3n) is 4.67. The SMILES string of the molecule is Cc1cc(=O)oc2cc(OCC(=O)NCC3CN(CC(C)C)CCO3)ccc12. The summed E-state index contributed by atoms with van der Waals surface area (Å²) < 4.78 is 16.5. The highest BCUT2D eigenvalue weighted by Crippen LogP contribution is 2.22. The van der Waals surface area contributed by atoms with Gasteiger partial charge in [-0.15, -0.1) is 0 Å². The van der Waals surface area contributed by atoms with Crippen molar-refractivity contribution in [3.8, 4) is 5.75 Å². The first-order valence-corrected chi connectivity index (χ1v) is 9.68. The number of ether oxygens (including phenoxy) is 2. The molecule has 1 aromatic heterocycles. The van der Waals surface area contributed by atoms with Crippen LogP contribution in [0.2, 0.25) is 0 Å². The lowest BCUT2D eigenvalue weighted by Gasteiger charge is -2.33. The highest BCUT2D eigenvalue weighted by molar-refractivity contribution is 5.81.